The smallest absolute Gasteiger partial charge is 0.249 e. The highest BCUT2D eigenvalue weighted by Gasteiger charge is 2.32. The van der Waals surface area contributed by atoms with Gasteiger partial charge in [-0.25, -0.2) is 0 Å². The summed E-state index contributed by atoms with van der Waals surface area (Å²) in [7, 11) is 1.64. The van der Waals surface area contributed by atoms with Crippen LogP contribution in [0.25, 0.3) is 0 Å². The van der Waals surface area contributed by atoms with Crippen molar-refractivity contribution in [2.45, 2.75) is 39.5 Å². The van der Waals surface area contributed by atoms with E-state index in [4.69, 9.17) is 9.73 Å². The fraction of sp³-hybridized carbons (Fsp3) is 0.458. The number of likely N-dealkylation sites (tertiary alicyclic amines) is 1. The van der Waals surface area contributed by atoms with Crippen LogP contribution in [0.2, 0.25) is 0 Å². The highest BCUT2D eigenvalue weighted by Crippen LogP contribution is 2.39. The lowest BCUT2D eigenvalue weighted by Crippen LogP contribution is -2.43. The predicted octanol–water partition coefficient (Wildman–Crippen LogP) is 3.96. The molecule has 4 rings (SSSR count). The topological polar surface area (TPSA) is 62.2 Å². The summed E-state index contributed by atoms with van der Waals surface area (Å²) in [4.78, 5) is 35.6. The highest BCUT2D eigenvalue weighted by molar-refractivity contribution is 7.17. The van der Waals surface area contributed by atoms with Crippen LogP contribution in [0.1, 0.15) is 47.3 Å². The van der Waals surface area contributed by atoms with Gasteiger partial charge in [-0.15, -0.1) is 11.3 Å². The maximum Gasteiger partial charge on any atom is 0.249 e. The van der Waals surface area contributed by atoms with Crippen LogP contribution in [0.3, 0.4) is 0 Å². The fourth-order valence-electron chi connectivity index (χ4n) is 4.20. The lowest BCUT2D eigenvalue weighted by atomic mass is 9.99. The average molecular weight is 440 g/mol. The Morgan fingerprint density at radius 1 is 1.10 bits per heavy atom. The molecule has 0 spiro atoms. The van der Waals surface area contributed by atoms with E-state index in [1.54, 1.807) is 23.3 Å². The van der Waals surface area contributed by atoms with Crippen LogP contribution < -0.4 is 9.64 Å². The van der Waals surface area contributed by atoms with Crippen LogP contribution >= 0.6 is 11.3 Å². The number of hydrogen-bond donors (Lipinski definition) is 0. The molecule has 0 unspecified atom stereocenters. The van der Waals surface area contributed by atoms with Crippen molar-refractivity contribution in [3.63, 3.8) is 0 Å². The van der Waals surface area contributed by atoms with E-state index in [1.807, 2.05) is 29.2 Å². The van der Waals surface area contributed by atoms with E-state index in [0.29, 0.717) is 0 Å². The SMILES string of the molecule is COc1ccc(C2=NCC(=O)N(CC(=O)N3CCCCCC3)c3sc(C)c(C)c32)cc1. The molecule has 1 fully saturated rings. The predicted molar refractivity (Wildman–Crippen MR) is 125 cm³/mol. The Balaban J connectivity index is 1.69. The second-order valence-corrected chi connectivity index (χ2v) is 9.33. The molecule has 2 aliphatic rings. The minimum absolute atomic E-state index is 0.0257. The van der Waals surface area contributed by atoms with E-state index in [0.717, 1.165) is 64.0 Å². The molecule has 0 bridgehead atoms. The first kappa shape index (κ1) is 21.6. The molecule has 1 aromatic heterocycles. The molecular formula is C24H29N3O3S. The van der Waals surface area contributed by atoms with Gasteiger partial charge in [0, 0.05) is 29.1 Å². The monoisotopic (exact) mass is 439 g/mol. The Morgan fingerprint density at radius 2 is 1.77 bits per heavy atom. The van der Waals surface area contributed by atoms with Gasteiger partial charge in [-0.3, -0.25) is 19.5 Å². The summed E-state index contributed by atoms with van der Waals surface area (Å²) in [6, 6.07) is 7.74. The van der Waals surface area contributed by atoms with E-state index in [9.17, 15) is 9.59 Å². The third kappa shape index (κ3) is 4.37. The number of thiophene rings is 1. The van der Waals surface area contributed by atoms with Crippen molar-refractivity contribution >= 4 is 33.9 Å². The number of carbonyl (C=O) groups excluding carboxylic acids is 2. The first-order valence-corrected chi connectivity index (χ1v) is 11.7. The first-order chi connectivity index (χ1) is 15.0. The van der Waals surface area contributed by atoms with Gasteiger partial charge in [0.05, 0.1) is 12.8 Å². The Labute approximate surface area is 187 Å². The van der Waals surface area contributed by atoms with Crippen LogP contribution in [-0.2, 0) is 9.59 Å². The van der Waals surface area contributed by atoms with Gasteiger partial charge < -0.3 is 9.64 Å². The number of hydrogen-bond acceptors (Lipinski definition) is 5. The minimum Gasteiger partial charge on any atom is -0.497 e. The summed E-state index contributed by atoms with van der Waals surface area (Å²) >= 11 is 1.57. The fourth-order valence-corrected chi connectivity index (χ4v) is 5.38. The molecule has 2 aliphatic heterocycles. The summed E-state index contributed by atoms with van der Waals surface area (Å²) < 4.78 is 5.28. The van der Waals surface area contributed by atoms with Gasteiger partial charge in [-0.2, -0.15) is 0 Å². The zero-order valence-corrected chi connectivity index (χ0v) is 19.3. The van der Waals surface area contributed by atoms with Crippen LogP contribution in [0.4, 0.5) is 5.00 Å². The van der Waals surface area contributed by atoms with Crippen molar-refractivity contribution in [3.8, 4) is 5.75 Å². The van der Waals surface area contributed by atoms with Crippen molar-refractivity contribution in [2.24, 2.45) is 4.99 Å². The molecule has 164 valence electrons. The van der Waals surface area contributed by atoms with Crippen LogP contribution in [0, 0.1) is 13.8 Å². The standard InChI is InChI=1S/C24H29N3O3S/c1-16-17(2)31-24-22(16)23(18-8-10-19(30-3)11-9-18)25-14-20(28)27(24)15-21(29)26-12-6-4-5-7-13-26/h8-11H,4-7,12-15H2,1-3H3. The van der Waals surface area contributed by atoms with Gasteiger partial charge in [0.15, 0.2) is 0 Å². The number of anilines is 1. The quantitative estimate of drug-likeness (QED) is 0.724. The molecule has 7 heteroatoms. The Kier molecular flexibility index (Phi) is 6.41. The largest absolute Gasteiger partial charge is 0.497 e. The summed E-state index contributed by atoms with van der Waals surface area (Å²) in [5.41, 5.74) is 3.81. The van der Waals surface area contributed by atoms with E-state index in [2.05, 4.69) is 13.8 Å². The molecule has 0 saturated carbocycles. The summed E-state index contributed by atoms with van der Waals surface area (Å²) in [6.45, 7) is 5.80. The van der Waals surface area contributed by atoms with E-state index in [-0.39, 0.29) is 24.9 Å². The van der Waals surface area contributed by atoms with Crippen molar-refractivity contribution in [1.82, 2.24) is 4.90 Å². The van der Waals surface area contributed by atoms with E-state index >= 15 is 0 Å². The Bertz CT molecular complexity index is 1000. The van der Waals surface area contributed by atoms with Gasteiger partial charge in [-0.1, -0.05) is 12.8 Å². The van der Waals surface area contributed by atoms with Gasteiger partial charge in [-0.05, 0) is 56.5 Å². The Morgan fingerprint density at radius 3 is 2.42 bits per heavy atom. The lowest BCUT2D eigenvalue weighted by molar-refractivity contribution is -0.131. The number of carbonyl (C=O) groups is 2. The molecule has 1 saturated heterocycles. The van der Waals surface area contributed by atoms with Gasteiger partial charge >= 0.3 is 0 Å². The number of aliphatic imine (C=N–C) groups is 1. The maximum absolute atomic E-state index is 13.1. The van der Waals surface area contributed by atoms with Crippen molar-refractivity contribution in [1.29, 1.82) is 0 Å². The molecule has 6 nitrogen and oxygen atoms in total. The van der Waals surface area contributed by atoms with Crippen molar-refractivity contribution < 1.29 is 14.3 Å². The average Bonchev–Trinajstić information content (AvgIpc) is 2.98. The molecule has 1 aromatic carbocycles. The lowest BCUT2D eigenvalue weighted by Gasteiger charge is -2.25. The van der Waals surface area contributed by atoms with Gasteiger partial charge in [0.25, 0.3) is 0 Å². The second kappa shape index (κ2) is 9.22. The molecule has 2 aromatic rings. The van der Waals surface area contributed by atoms with Crippen molar-refractivity contribution in [3.05, 3.63) is 45.8 Å². The molecule has 0 aliphatic carbocycles. The number of benzene rings is 1. The minimum atomic E-state index is -0.130. The zero-order chi connectivity index (χ0) is 22.0. The van der Waals surface area contributed by atoms with Crippen LogP contribution in [0.5, 0.6) is 5.75 Å². The molecule has 2 amide bonds. The Hall–Kier alpha value is -2.67. The number of rotatable bonds is 4. The normalized spacial score (nSPS) is 17.0. The van der Waals surface area contributed by atoms with E-state index in [1.165, 1.54) is 12.8 Å². The number of fused-ring (bicyclic) bond motifs is 1. The number of aryl methyl sites for hydroxylation is 1. The number of ether oxygens (including phenoxy) is 1. The molecule has 0 N–H and O–H groups in total. The zero-order valence-electron chi connectivity index (χ0n) is 18.4. The molecule has 31 heavy (non-hydrogen) atoms. The third-order valence-electron chi connectivity index (χ3n) is 6.14. The molecule has 0 atom stereocenters. The third-order valence-corrected chi connectivity index (χ3v) is 7.37. The van der Waals surface area contributed by atoms with Crippen molar-refractivity contribution in [2.75, 3.05) is 38.2 Å². The van der Waals surface area contributed by atoms with Crippen LogP contribution in [0.15, 0.2) is 29.3 Å². The summed E-state index contributed by atoms with van der Waals surface area (Å²) in [5, 5.41) is 0.829. The van der Waals surface area contributed by atoms with Gasteiger partial charge in [0.2, 0.25) is 11.8 Å². The molecule has 3 heterocycles. The van der Waals surface area contributed by atoms with E-state index < -0.39 is 0 Å². The molecular weight excluding hydrogens is 410 g/mol. The second-order valence-electron chi connectivity index (χ2n) is 8.13. The number of methoxy groups -OCH3 is 1. The first-order valence-electron chi connectivity index (χ1n) is 10.9. The number of nitrogens with zero attached hydrogens (tertiary/aromatic N) is 3. The van der Waals surface area contributed by atoms with Gasteiger partial charge in [0.1, 0.15) is 23.8 Å². The van der Waals surface area contributed by atoms with Crippen LogP contribution in [-0.4, -0.2) is 55.7 Å². The summed E-state index contributed by atoms with van der Waals surface area (Å²) in [6.07, 6.45) is 4.40. The molecule has 0 radical (unpaired) electrons. The number of amides is 2. The highest BCUT2D eigenvalue weighted by atomic mass is 32.1. The summed E-state index contributed by atoms with van der Waals surface area (Å²) in [5.74, 6) is 0.671. The maximum atomic E-state index is 13.1.